The van der Waals surface area contributed by atoms with Crippen LogP contribution in [0.2, 0.25) is 4.34 Å². The van der Waals surface area contributed by atoms with E-state index in [2.05, 4.69) is 4.72 Å². The molecule has 0 aliphatic rings. The second kappa shape index (κ2) is 5.88. The van der Waals surface area contributed by atoms with Gasteiger partial charge in [0.25, 0.3) is 0 Å². The van der Waals surface area contributed by atoms with Crippen LogP contribution in [0.4, 0.5) is 0 Å². The van der Waals surface area contributed by atoms with Crippen LogP contribution in [0.5, 0.6) is 0 Å². The maximum atomic E-state index is 11.9. The summed E-state index contributed by atoms with van der Waals surface area (Å²) in [5, 5.41) is 10.1. The van der Waals surface area contributed by atoms with Crippen LogP contribution in [0.25, 0.3) is 0 Å². The summed E-state index contributed by atoms with van der Waals surface area (Å²) < 4.78 is 26.8. The van der Waals surface area contributed by atoms with E-state index in [1.807, 2.05) is 13.8 Å². The largest absolute Gasteiger partial charge is 0.389 e. The Kier molecular flexibility index (Phi) is 5.20. The lowest BCUT2D eigenvalue weighted by molar-refractivity contribution is 0.0437. The zero-order chi connectivity index (χ0) is 14.0. The summed E-state index contributed by atoms with van der Waals surface area (Å²) in [4.78, 5) is 0. The van der Waals surface area contributed by atoms with Crippen LogP contribution in [0, 0.1) is 5.92 Å². The highest BCUT2D eigenvalue weighted by atomic mass is 35.5. The van der Waals surface area contributed by atoms with Crippen molar-refractivity contribution < 1.29 is 13.5 Å². The van der Waals surface area contributed by atoms with E-state index in [0.29, 0.717) is 16.7 Å². The number of sulfonamides is 1. The molecule has 0 bridgehead atoms. The molecule has 1 atom stereocenters. The molecule has 18 heavy (non-hydrogen) atoms. The summed E-state index contributed by atoms with van der Waals surface area (Å²) in [6.45, 7) is 5.56. The highest BCUT2D eigenvalue weighted by Crippen LogP contribution is 2.25. The molecule has 1 heterocycles. The zero-order valence-electron chi connectivity index (χ0n) is 10.6. The van der Waals surface area contributed by atoms with Gasteiger partial charge in [-0.15, -0.1) is 11.3 Å². The Balaban J connectivity index is 2.68. The number of hydrogen-bond donors (Lipinski definition) is 2. The van der Waals surface area contributed by atoms with Crippen molar-refractivity contribution in [1.29, 1.82) is 0 Å². The molecule has 1 aromatic rings. The molecule has 0 saturated heterocycles. The summed E-state index contributed by atoms with van der Waals surface area (Å²) >= 11 is 6.69. The van der Waals surface area contributed by atoms with Gasteiger partial charge in [0.1, 0.15) is 4.21 Å². The third kappa shape index (κ3) is 4.85. The average molecular weight is 312 g/mol. The first-order valence-corrected chi connectivity index (χ1v) is 8.27. The number of aliphatic hydroxyl groups is 1. The monoisotopic (exact) mass is 311 g/mol. The maximum absolute atomic E-state index is 11.9. The van der Waals surface area contributed by atoms with E-state index >= 15 is 0 Å². The lowest BCUT2D eigenvalue weighted by atomic mass is 9.95. The number of thiophene rings is 1. The fraction of sp³-hybridized carbons (Fsp3) is 0.636. The summed E-state index contributed by atoms with van der Waals surface area (Å²) in [7, 11) is -3.58. The number of rotatable bonds is 6. The van der Waals surface area contributed by atoms with Crippen molar-refractivity contribution in [2.75, 3.05) is 6.54 Å². The minimum absolute atomic E-state index is 0.0109. The zero-order valence-corrected chi connectivity index (χ0v) is 13.0. The van der Waals surface area contributed by atoms with E-state index in [0.717, 1.165) is 11.3 Å². The fourth-order valence-electron chi connectivity index (χ4n) is 1.72. The van der Waals surface area contributed by atoms with Gasteiger partial charge in [0.05, 0.1) is 9.94 Å². The van der Waals surface area contributed by atoms with Crippen LogP contribution in [0.1, 0.15) is 27.2 Å². The summed E-state index contributed by atoms with van der Waals surface area (Å²) in [5.74, 6) is 0.292. The molecule has 7 heteroatoms. The van der Waals surface area contributed by atoms with Crippen LogP contribution in [0.15, 0.2) is 16.3 Å². The van der Waals surface area contributed by atoms with E-state index < -0.39 is 15.6 Å². The first-order chi connectivity index (χ1) is 8.12. The standard InChI is InChI=1S/C11H18ClNO3S2/c1-8(2)6-11(3,14)7-13-18(15,16)10-5-4-9(12)17-10/h4-5,8,13-14H,6-7H2,1-3H3. The Morgan fingerprint density at radius 3 is 2.56 bits per heavy atom. The highest BCUT2D eigenvalue weighted by Gasteiger charge is 2.25. The third-order valence-corrected chi connectivity index (χ3v) is 5.43. The molecule has 1 unspecified atom stereocenters. The van der Waals surface area contributed by atoms with E-state index in [-0.39, 0.29) is 10.8 Å². The highest BCUT2D eigenvalue weighted by molar-refractivity contribution is 7.91. The molecule has 0 fully saturated rings. The van der Waals surface area contributed by atoms with Gasteiger partial charge in [0.15, 0.2) is 0 Å². The molecular weight excluding hydrogens is 294 g/mol. The average Bonchev–Trinajstić information content (AvgIpc) is 2.61. The van der Waals surface area contributed by atoms with Crippen molar-refractivity contribution in [3.8, 4) is 0 Å². The van der Waals surface area contributed by atoms with Crippen molar-refractivity contribution in [3.63, 3.8) is 0 Å². The van der Waals surface area contributed by atoms with Crippen molar-refractivity contribution in [1.82, 2.24) is 4.72 Å². The summed E-state index contributed by atoms with van der Waals surface area (Å²) in [6, 6.07) is 2.99. The topological polar surface area (TPSA) is 66.4 Å². The second-order valence-electron chi connectivity index (χ2n) is 4.98. The van der Waals surface area contributed by atoms with Gasteiger partial charge in [-0.3, -0.25) is 0 Å². The predicted octanol–water partition coefficient (Wildman–Crippen LogP) is 2.48. The van der Waals surface area contributed by atoms with Gasteiger partial charge in [-0.05, 0) is 31.4 Å². The van der Waals surface area contributed by atoms with Gasteiger partial charge in [-0.1, -0.05) is 25.4 Å². The van der Waals surface area contributed by atoms with Crippen LogP contribution < -0.4 is 4.72 Å². The first-order valence-electron chi connectivity index (χ1n) is 5.60. The second-order valence-corrected chi connectivity index (χ2v) is 8.69. The van der Waals surface area contributed by atoms with Crippen molar-refractivity contribution in [2.45, 2.75) is 37.0 Å². The third-order valence-electron chi connectivity index (χ3n) is 2.30. The molecule has 1 rings (SSSR count). The van der Waals surface area contributed by atoms with E-state index in [4.69, 9.17) is 11.6 Å². The van der Waals surface area contributed by atoms with E-state index in [1.165, 1.54) is 12.1 Å². The van der Waals surface area contributed by atoms with Gasteiger partial charge in [-0.2, -0.15) is 0 Å². The van der Waals surface area contributed by atoms with Crippen molar-refractivity contribution in [3.05, 3.63) is 16.5 Å². The normalized spacial score (nSPS) is 15.9. The van der Waals surface area contributed by atoms with Crippen molar-refractivity contribution in [2.24, 2.45) is 5.92 Å². The van der Waals surface area contributed by atoms with E-state index in [1.54, 1.807) is 6.92 Å². The summed E-state index contributed by atoms with van der Waals surface area (Å²) in [5.41, 5.74) is -1.05. The first kappa shape index (κ1) is 15.9. The molecule has 0 aliphatic carbocycles. The molecule has 0 radical (unpaired) electrons. The molecule has 104 valence electrons. The van der Waals surface area contributed by atoms with Gasteiger partial charge in [0, 0.05) is 6.54 Å². The van der Waals surface area contributed by atoms with Crippen LogP contribution in [-0.2, 0) is 10.0 Å². The molecule has 0 amide bonds. The SMILES string of the molecule is CC(C)CC(C)(O)CNS(=O)(=O)c1ccc(Cl)s1. The molecule has 0 spiro atoms. The van der Waals surface area contributed by atoms with Gasteiger partial charge in [-0.25, -0.2) is 13.1 Å². The van der Waals surface area contributed by atoms with E-state index in [9.17, 15) is 13.5 Å². The quantitative estimate of drug-likeness (QED) is 0.848. The summed E-state index contributed by atoms with van der Waals surface area (Å²) in [6.07, 6.45) is 0.528. The number of halogens is 1. The van der Waals surface area contributed by atoms with Crippen LogP contribution in [0.3, 0.4) is 0 Å². The maximum Gasteiger partial charge on any atom is 0.250 e. The van der Waals surface area contributed by atoms with Crippen LogP contribution >= 0.6 is 22.9 Å². The molecule has 4 nitrogen and oxygen atoms in total. The van der Waals surface area contributed by atoms with Gasteiger partial charge < -0.3 is 5.11 Å². The Morgan fingerprint density at radius 1 is 1.50 bits per heavy atom. The predicted molar refractivity (Wildman–Crippen MR) is 74.6 cm³/mol. The number of nitrogens with one attached hydrogen (secondary N) is 1. The Morgan fingerprint density at radius 2 is 2.11 bits per heavy atom. The number of hydrogen-bond acceptors (Lipinski definition) is 4. The minimum Gasteiger partial charge on any atom is -0.389 e. The van der Waals surface area contributed by atoms with Crippen molar-refractivity contribution >= 4 is 33.0 Å². The lowest BCUT2D eigenvalue weighted by Gasteiger charge is -2.25. The molecule has 0 aliphatic heterocycles. The Hall–Kier alpha value is -0.140. The van der Waals surface area contributed by atoms with Crippen LogP contribution in [-0.4, -0.2) is 25.7 Å². The smallest absolute Gasteiger partial charge is 0.250 e. The molecular formula is C11H18ClNO3S2. The fourth-order valence-corrected chi connectivity index (χ4v) is 4.40. The Bertz CT molecular complexity index is 494. The molecule has 0 aromatic carbocycles. The molecule has 0 saturated carbocycles. The lowest BCUT2D eigenvalue weighted by Crippen LogP contribution is -2.41. The van der Waals surface area contributed by atoms with Gasteiger partial charge >= 0.3 is 0 Å². The minimum atomic E-state index is -3.58. The molecule has 1 aromatic heterocycles. The molecule has 2 N–H and O–H groups in total. The Labute approximate surface area is 117 Å². The van der Waals surface area contributed by atoms with Gasteiger partial charge in [0.2, 0.25) is 10.0 Å².